The molecular formula is C12H6BrClFN3O2S. The number of aromatic nitrogens is 1. The maximum Gasteiger partial charge on any atom is 0.265 e. The fourth-order valence-corrected chi connectivity index (χ4v) is 3.52. The number of nitrogens with zero attached hydrogens (tertiary/aromatic N) is 2. The lowest BCUT2D eigenvalue weighted by Crippen LogP contribution is -2.15. The Morgan fingerprint density at radius 2 is 2.10 bits per heavy atom. The van der Waals surface area contributed by atoms with Gasteiger partial charge in [0.1, 0.15) is 21.9 Å². The van der Waals surface area contributed by atoms with Gasteiger partial charge in [0.2, 0.25) is 0 Å². The largest absolute Gasteiger partial charge is 0.278 e. The molecular weight excluding hydrogens is 385 g/mol. The van der Waals surface area contributed by atoms with Crippen LogP contribution in [0.4, 0.5) is 10.1 Å². The van der Waals surface area contributed by atoms with Gasteiger partial charge in [0.15, 0.2) is 0 Å². The first-order valence-electron chi connectivity index (χ1n) is 5.37. The highest BCUT2D eigenvalue weighted by atomic mass is 79.9. The summed E-state index contributed by atoms with van der Waals surface area (Å²) in [5, 5.41) is 8.70. The summed E-state index contributed by atoms with van der Waals surface area (Å²) >= 11 is 8.87. The van der Waals surface area contributed by atoms with E-state index in [4.69, 9.17) is 16.9 Å². The minimum Gasteiger partial charge on any atom is -0.278 e. The first-order chi connectivity index (χ1) is 9.83. The van der Waals surface area contributed by atoms with Gasteiger partial charge in [-0.05, 0) is 40.2 Å². The molecule has 21 heavy (non-hydrogen) atoms. The second kappa shape index (κ2) is 5.97. The molecule has 0 atom stereocenters. The van der Waals surface area contributed by atoms with Crippen LogP contribution in [0, 0.1) is 17.1 Å². The molecule has 0 saturated carbocycles. The molecule has 0 aliphatic heterocycles. The molecule has 0 unspecified atom stereocenters. The predicted molar refractivity (Wildman–Crippen MR) is 78.9 cm³/mol. The van der Waals surface area contributed by atoms with E-state index in [1.807, 2.05) is 0 Å². The summed E-state index contributed by atoms with van der Waals surface area (Å²) in [7, 11) is -4.06. The highest BCUT2D eigenvalue weighted by Gasteiger charge is 2.21. The summed E-state index contributed by atoms with van der Waals surface area (Å²) in [4.78, 5) is 3.46. The molecule has 2 aromatic rings. The molecule has 0 amide bonds. The van der Waals surface area contributed by atoms with Crippen LogP contribution in [-0.4, -0.2) is 13.4 Å². The van der Waals surface area contributed by atoms with Crippen LogP contribution in [0.5, 0.6) is 0 Å². The van der Waals surface area contributed by atoms with Crippen molar-refractivity contribution in [3.63, 3.8) is 0 Å². The number of pyridine rings is 1. The quantitative estimate of drug-likeness (QED) is 0.815. The van der Waals surface area contributed by atoms with Crippen LogP contribution in [0.25, 0.3) is 0 Å². The van der Waals surface area contributed by atoms with Gasteiger partial charge in [-0.1, -0.05) is 11.6 Å². The summed E-state index contributed by atoms with van der Waals surface area (Å²) < 4.78 is 40.2. The van der Waals surface area contributed by atoms with E-state index < -0.39 is 15.8 Å². The van der Waals surface area contributed by atoms with E-state index in [0.717, 1.165) is 18.2 Å². The Kier molecular flexibility index (Phi) is 4.46. The van der Waals surface area contributed by atoms with Gasteiger partial charge in [0.05, 0.1) is 11.3 Å². The summed E-state index contributed by atoms with van der Waals surface area (Å²) in [6, 6.07) is 6.11. The van der Waals surface area contributed by atoms with E-state index in [-0.39, 0.29) is 21.3 Å². The lowest BCUT2D eigenvalue weighted by atomic mass is 10.2. The van der Waals surface area contributed by atoms with Gasteiger partial charge >= 0.3 is 0 Å². The van der Waals surface area contributed by atoms with Crippen LogP contribution in [0.15, 0.2) is 39.8 Å². The number of rotatable bonds is 3. The highest BCUT2D eigenvalue weighted by molar-refractivity contribution is 9.10. The van der Waals surface area contributed by atoms with E-state index in [9.17, 15) is 12.8 Å². The zero-order valence-electron chi connectivity index (χ0n) is 10.1. The van der Waals surface area contributed by atoms with E-state index in [1.54, 1.807) is 6.07 Å². The summed E-state index contributed by atoms with van der Waals surface area (Å²) in [6.45, 7) is 0. The molecule has 0 aliphatic carbocycles. The molecule has 108 valence electrons. The van der Waals surface area contributed by atoms with Crippen molar-refractivity contribution < 1.29 is 12.8 Å². The first kappa shape index (κ1) is 15.7. The number of hydrogen-bond donors (Lipinski definition) is 1. The molecule has 0 bridgehead atoms. The molecule has 1 aromatic carbocycles. The third-order valence-electron chi connectivity index (χ3n) is 2.41. The van der Waals surface area contributed by atoms with Gasteiger partial charge in [-0.15, -0.1) is 0 Å². The molecule has 2 rings (SSSR count). The van der Waals surface area contributed by atoms with Gasteiger partial charge in [-0.3, -0.25) is 4.72 Å². The fraction of sp³-hybridized carbons (Fsp3) is 0. The van der Waals surface area contributed by atoms with Gasteiger partial charge in [0, 0.05) is 10.7 Å². The molecule has 0 radical (unpaired) electrons. The first-order valence-corrected chi connectivity index (χ1v) is 8.02. The third kappa shape index (κ3) is 3.50. The van der Waals surface area contributed by atoms with E-state index >= 15 is 0 Å². The highest BCUT2D eigenvalue weighted by Crippen LogP contribution is 2.26. The molecule has 9 heteroatoms. The molecule has 1 aromatic heterocycles. The van der Waals surface area contributed by atoms with Crippen molar-refractivity contribution in [2.75, 3.05) is 4.72 Å². The average Bonchev–Trinajstić information content (AvgIpc) is 2.43. The Morgan fingerprint density at radius 1 is 1.38 bits per heavy atom. The summed E-state index contributed by atoms with van der Waals surface area (Å²) in [6.07, 6.45) is 1.35. The lowest BCUT2D eigenvalue weighted by molar-refractivity contribution is 0.600. The van der Waals surface area contributed by atoms with Crippen molar-refractivity contribution in [1.82, 2.24) is 4.98 Å². The molecule has 0 aliphatic rings. The van der Waals surface area contributed by atoms with Crippen LogP contribution in [0.3, 0.4) is 0 Å². The molecule has 5 nitrogen and oxygen atoms in total. The Balaban J connectivity index is 2.48. The standard InChI is InChI=1S/C12H6BrClFN3O2S/c13-8-4-11(12(14)17-6-8)21(19,20)18-10-2-1-9(15)3-7(10)5-16/h1-4,6,18H. The molecule has 0 spiro atoms. The number of halogens is 3. The van der Waals surface area contributed by atoms with Crippen molar-refractivity contribution in [3.05, 3.63) is 51.5 Å². The van der Waals surface area contributed by atoms with Crippen molar-refractivity contribution >= 4 is 43.2 Å². The topological polar surface area (TPSA) is 82.9 Å². The number of nitrogens with one attached hydrogen (secondary N) is 1. The number of benzene rings is 1. The van der Waals surface area contributed by atoms with Crippen LogP contribution < -0.4 is 4.72 Å². The number of sulfonamides is 1. The fourth-order valence-electron chi connectivity index (χ4n) is 1.49. The minimum absolute atomic E-state index is 0.0463. The van der Waals surface area contributed by atoms with Gasteiger partial charge < -0.3 is 0 Å². The second-order valence-electron chi connectivity index (χ2n) is 3.85. The number of hydrogen-bond acceptors (Lipinski definition) is 4. The zero-order chi connectivity index (χ0) is 15.6. The van der Waals surface area contributed by atoms with Gasteiger partial charge in [-0.25, -0.2) is 17.8 Å². The number of nitriles is 1. The third-order valence-corrected chi connectivity index (χ3v) is 4.64. The zero-order valence-corrected chi connectivity index (χ0v) is 13.3. The van der Waals surface area contributed by atoms with E-state index in [1.165, 1.54) is 12.3 Å². The van der Waals surface area contributed by atoms with Gasteiger partial charge in [-0.2, -0.15) is 5.26 Å². The van der Waals surface area contributed by atoms with Crippen molar-refractivity contribution in [3.8, 4) is 6.07 Å². The van der Waals surface area contributed by atoms with Gasteiger partial charge in [0.25, 0.3) is 10.0 Å². The van der Waals surface area contributed by atoms with Crippen LogP contribution in [0.2, 0.25) is 5.15 Å². The SMILES string of the molecule is N#Cc1cc(F)ccc1NS(=O)(=O)c1cc(Br)cnc1Cl. The molecule has 0 saturated heterocycles. The predicted octanol–water partition coefficient (Wildman–Crippen LogP) is 3.31. The van der Waals surface area contributed by atoms with E-state index in [2.05, 4.69) is 25.6 Å². The Labute approximate surface area is 133 Å². The van der Waals surface area contributed by atoms with Crippen molar-refractivity contribution in [2.24, 2.45) is 0 Å². The van der Waals surface area contributed by atoms with Crippen LogP contribution in [-0.2, 0) is 10.0 Å². The number of anilines is 1. The monoisotopic (exact) mass is 389 g/mol. The summed E-state index contributed by atoms with van der Waals surface area (Å²) in [5.41, 5.74) is -0.187. The lowest BCUT2D eigenvalue weighted by Gasteiger charge is -2.10. The Bertz CT molecular complexity index is 852. The summed E-state index contributed by atoms with van der Waals surface area (Å²) in [5.74, 6) is -0.642. The van der Waals surface area contributed by atoms with Crippen molar-refractivity contribution in [2.45, 2.75) is 4.90 Å². The molecule has 0 fully saturated rings. The Hall–Kier alpha value is -1.69. The molecule has 1 heterocycles. The minimum atomic E-state index is -4.06. The molecule has 1 N–H and O–H groups in total. The second-order valence-corrected chi connectivity index (χ2v) is 6.77. The van der Waals surface area contributed by atoms with E-state index in [0.29, 0.717) is 4.47 Å². The Morgan fingerprint density at radius 3 is 2.76 bits per heavy atom. The maximum atomic E-state index is 13.0. The maximum absolute atomic E-state index is 13.0. The van der Waals surface area contributed by atoms with Crippen molar-refractivity contribution in [1.29, 1.82) is 5.26 Å². The van der Waals surface area contributed by atoms with Crippen LogP contribution >= 0.6 is 27.5 Å². The average molecular weight is 391 g/mol. The smallest absolute Gasteiger partial charge is 0.265 e. The van der Waals surface area contributed by atoms with Crippen LogP contribution in [0.1, 0.15) is 5.56 Å². The normalized spacial score (nSPS) is 11.0.